The Kier molecular flexibility index (Phi) is 9.19. The smallest absolute Gasteiger partial charge is 0.416 e. The molecular formula is C30H31F3N2O5. The van der Waals surface area contributed by atoms with Gasteiger partial charge in [0.05, 0.1) is 19.8 Å². The summed E-state index contributed by atoms with van der Waals surface area (Å²) >= 11 is 0. The predicted molar refractivity (Wildman–Crippen MR) is 142 cm³/mol. The number of rotatable bonds is 9. The van der Waals surface area contributed by atoms with Crippen molar-refractivity contribution in [1.29, 1.82) is 0 Å². The SMILES string of the molecule is COc1cc(COc2ccc(CN(C(=O)c3ccc(C(F)(F)F)cc3)[C@H]3CCCCNC3=O)cc2)cc(OC)c1. The maximum absolute atomic E-state index is 13.5. The number of carbonyl (C=O) groups is 2. The first-order valence-corrected chi connectivity index (χ1v) is 12.9. The highest BCUT2D eigenvalue weighted by molar-refractivity contribution is 5.97. The molecule has 4 rings (SSSR count). The van der Waals surface area contributed by atoms with Gasteiger partial charge >= 0.3 is 6.18 Å². The standard InChI is InChI=1S/C30H31F3N2O5/c1-38-25-15-21(16-26(17-25)39-2)19-40-24-12-6-20(7-13-24)18-35(27-5-3-4-14-34-28(27)36)29(37)22-8-10-23(11-9-22)30(31,32)33/h6-13,15-17,27H,3-5,14,18-19H2,1-2H3,(H,34,36)/t27-/m0/s1. The molecule has 1 aliphatic rings. The molecule has 7 nitrogen and oxygen atoms in total. The number of benzene rings is 3. The summed E-state index contributed by atoms with van der Waals surface area (Å²) in [6.07, 6.45) is -2.52. The molecule has 0 saturated carbocycles. The van der Waals surface area contributed by atoms with Crippen LogP contribution in [0.3, 0.4) is 0 Å². The van der Waals surface area contributed by atoms with Crippen LogP contribution in [-0.4, -0.2) is 43.5 Å². The Morgan fingerprint density at radius 2 is 1.55 bits per heavy atom. The number of halogens is 3. The molecule has 2 amide bonds. The minimum Gasteiger partial charge on any atom is -0.497 e. The Balaban J connectivity index is 1.51. The van der Waals surface area contributed by atoms with Gasteiger partial charge in [-0.05, 0) is 78.9 Å². The van der Waals surface area contributed by atoms with E-state index in [-0.39, 0.29) is 24.6 Å². The van der Waals surface area contributed by atoms with E-state index < -0.39 is 23.7 Å². The Morgan fingerprint density at radius 1 is 0.900 bits per heavy atom. The fourth-order valence-corrected chi connectivity index (χ4v) is 4.52. The number of nitrogens with one attached hydrogen (secondary N) is 1. The molecule has 1 fully saturated rings. The van der Waals surface area contributed by atoms with Gasteiger partial charge in [0.15, 0.2) is 0 Å². The molecule has 1 heterocycles. The summed E-state index contributed by atoms with van der Waals surface area (Å²) in [5, 5.41) is 2.83. The molecule has 0 bridgehead atoms. The van der Waals surface area contributed by atoms with Gasteiger partial charge in [-0.15, -0.1) is 0 Å². The molecule has 0 aromatic heterocycles. The number of amides is 2. The molecule has 3 aromatic rings. The monoisotopic (exact) mass is 556 g/mol. The van der Waals surface area contributed by atoms with Crippen molar-refractivity contribution in [1.82, 2.24) is 10.2 Å². The molecule has 212 valence electrons. The summed E-state index contributed by atoms with van der Waals surface area (Å²) < 4.78 is 55.6. The molecular weight excluding hydrogens is 525 g/mol. The molecule has 1 saturated heterocycles. The van der Waals surface area contributed by atoms with E-state index in [1.54, 1.807) is 44.6 Å². The van der Waals surface area contributed by atoms with Gasteiger partial charge in [-0.25, -0.2) is 0 Å². The van der Waals surface area contributed by atoms with Gasteiger partial charge in [0.25, 0.3) is 5.91 Å². The van der Waals surface area contributed by atoms with Crippen molar-refractivity contribution >= 4 is 11.8 Å². The minimum atomic E-state index is -4.51. The van der Waals surface area contributed by atoms with Crippen LogP contribution in [-0.2, 0) is 24.1 Å². The molecule has 1 N–H and O–H groups in total. The first kappa shape index (κ1) is 28.8. The lowest BCUT2D eigenvalue weighted by Gasteiger charge is -2.30. The van der Waals surface area contributed by atoms with Crippen molar-refractivity contribution < 1.29 is 37.0 Å². The van der Waals surface area contributed by atoms with E-state index in [2.05, 4.69) is 5.32 Å². The van der Waals surface area contributed by atoms with Crippen molar-refractivity contribution in [3.05, 3.63) is 89.0 Å². The molecule has 3 aromatic carbocycles. The van der Waals surface area contributed by atoms with Crippen LogP contribution < -0.4 is 19.5 Å². The minimum absolute atomic E-state index is 0.0821. The number of ether oxygens (including phenoxy) is 3. The maximum Gasteiger partial charge on any atom is 0.416 e. The normalized spacial score (nSPS) is 15.5. The number of hydrogen-bond acceptors (Lipinski definition) is 5. The van der Waals surface area contributed by atoms with E-state index in [1.807, 2.05) is 12.1 Å². The second-order valence-corrected chi connectivity index (χ2v) is 9.46. The zero-order valence-electron chi connectivity index (χ0n) is 22.3. The van der Waals surface area contributed by atoms with Crippen LogP contribution in [0.4, 0.5) is 13.2 Å². The van der Waals surface area contributed by atoms with Gasteiger partial charge in [-0.2, -0.15) is 13.2 Å². The molecule has 1 atom stereocenters. The van der Waals surface area contributed by atoms with Crippen LogP contribution in [0.25, 0.3) is 0 Å². The van der Waals surface area contributed by atoms with E-state index in [9.17, 15) is 22.8 Å². The first-order chi connectivity index (χ1) is 19.2. The number of hydrogen-bond donors (Lipinski definition) is 1. The Morgan fingerprint density at radius 3 is 2.15 bits per heavy atom. The summed E-state index contributed by atoms with van der Waals surface area (Å²) in [5.41, 5.74) is 0.838. The van der Waals surface area contributed by atoms with Gasteiger partial charge in [-0.3, -0.25) is 9.59 Å². The van der Waals surface area contributed by atoms with Gasteiger partial charge in [-0.1, -0.05) is 12.1 Å². The molecule has 40 heavy (non-hydrogen) atoms. The second-order valence-electron chi connectivity index (χ2n) is 9.46. The van der Waals surface area contributed by atoms with Crippen LogP contribution in [0.1, 0.15) is 46.3 Å². The fraction of sp³-hybridized carbons (Fsp3) is 0.333. The molecule has 10 heteroatoms. The summed E-state index contributed by atoms with van der Waals surface area (Å²) in [6, 6.07) is 15.9. The topological polar surface area (TPSA) is 77.1 Å². The number of methoxy groups -OCH3 is 2. The van der Waals surface area contributed by atoms with Crippen LogP contribution in [0, 0.1) is 0 Å². The molecule has 0 spiro atoms. The Bertz CT molecular complexity index is 1290. The summed E-state index contributed by atoms with van der Waals surface area (Å²) in [5.74, 6) is 1.11. The van der Waals surface area contributed by atoms with Crippen molar-refractivity contribution in [2.24, 2.45) is 0 Å². The van der Waals surface area contributed by atoms with Gasteiger partial charge in [0.1, 0.15) is 29.9 Å². The van der Waals surface area contributed by atoms with E-state index in [4.69, 9.17) is 14.2 Å². The van der Waals surface area contributed by atoms with E-state index in [1.165, 1.54) is 4.90 Å². The van der Waals surface area contributed by atoms with Crippen molar-refractivity contribution in [2.75, 3.05) is 20.8 Å². The predicted octanol–water partition coefficient (Wildman–Crippen LogP) is 5.61. The van der Waals surface area contributed by atoms with Crippen molar-refractivity contribution in [2.45, 2.75) is 44.6 Å². The second kappa shape index (κ2) is 12.8. The summed E-state index contributed by atoms with van der Waals surface area (Å²) in [4.78, 5) is 27.8. The summed E-state index contributed by atoms with van der Waals surface area (Å²) in [6.45, 7) is 0.891. The van der Waals surface area contributed by atoms with Gasteiger partial charge in [0.2, 0.25) is 5.91 Å². The number of nitrogens with zero attached hydrogens (tertiary/aromatic N) is 1. The number of alkyl halides is 3. The fourth-order valence-electron chi connectivity index (χ4n) is 4.52. The van der Waals surface area contributed by atoms with Crippen LogP contribution in [0.5, 0.6) is 17.2 Å². The quantitative estimate of drug-likeness (QED) is 0.371. The lowest BCUT2D eigenvalue weighted by atomic mass is 10.0. The highest BCUT2D eigenvalue weighted by Crippen LogP contribution is 2.30. The Hall–Kier alpha value is -4.21. The third-order valence-electron chi connectivity index (χ3n) is 6.70. The highest BCUT2D eigenvalue weighted by atomic mass is 19.4. The maximum atomic E-state index is 13.5. The van der Waals surface area contributed by atoms with E-state index >= 15 is 0 Å². The third-order valence-corrected chi connectivity index (χ3v) is 6.70. The largest absolute Gasteiger partial charge is 0.497 e. The lowest BCUT2D eigenvalue weighted by molar-refractivity contribution is -0.137. The van der Waals surface area contributed by atoms with E-state index in [0.717, 1.165) is 48.2 Å². The van der Waals surface area contributed by atoms with Crippen LogP contribution >= 0.6 is 0 Å². The Labute approximate surface area is 230 Å². The number of carbonyl (C=O) groups excluding carboxylic acids is 2. The van der Waals surface area contributed by atoms with Crippen molar-refractivity contribution in [3.63, 3.8) is 0 Å². The molecule has 1 aliphatic heterocycles. The van der Waals surface area contributed by atoms with E-state index in [0.29, 0.717) is 30.2 Å². The van der Waals surface area contributed by atoms with Crippen LogP contribution in [0.15, 0.2) is 66.7 Å². The first-order valence-electron chi connectivity index (χ1n) is 12.9. The average Bonchev–Trinajstić information content (AvgIpc) is 3.18. The highest BCUT2D eigenvalue weighted by Gasteiger charge is 2.33. The zero-order chi connectivity index (χ0) is 28.7. The molecule has 0 unspecified atom stereocenters. The third kappa shape index (κ3) is 7.25. The lowest BCUT2D eigenvalue weighted by Crippen LogP contribution is -2.48. The van der Waals surface area contributed by atoms with Gasteiger partial charge < -0.3 is 24.4 Å². The zero-order valence-corrected chi connectivity index (χ0v) is 22.3. The summed E-state index contributed by atoms with van der Waals surface area (Å²) in [7, 11) is 3.14. The molecule has 0 radical (unpaired) electrons. The average molecular weight is 557 g/mol. The molecule has 0 aliphatic carbocycles. The van der Waals surface area contributed by atoms with Crippen LogP contribution in [0.2, 0.25) is 0 Å². The van der Waals surface area contributed by atoms with Crippen molar-refractivity contribution in [3.8, 4) is 17.2 Å². The van der Waals surface area contributed by atoms with Gasteiger partial charge in [0, 0.05) is 24.7 Å².